The topological polar surface area (TPSA) is 66.2 Å². The zero-order chi connectivity index (χ0) is 15.2. The summed E-state index contributed by atoms with van der Waals surface area (Å²) in [4.78, 5) is 18.0. The van der Waals surface area contributed by atoms with E-state index in [9.17, 15) is 4.79 Å². The Balaban J connectivity index is 2.18. The molecule has 5 nitrogen and oxygen atoms in total. The van der Waals surface area contributed by atoms with Gasteiger partial charge in [-0.05, 0) is 19.2 Å². The Morgan fingerprint density at radius 3 is 3.05 bits per heavy atom. The number of methoxy groups -OCH3 is 1. The number of carbonyl (C=O) groups excluding carboxylic acids is 1. The van der Waals surface area contributed by atoms with Gasteiger partial charge in [-0.1, -0.05) is 12.1 Å². The van der Waals surface area contributed by atoms with E-state index < -0.39 is 0 Å². The minimum atomic E-state index is -0.359. The molecule has 0 amide bonds. The molecule has 0 aliphatic rings. The number of nitriles is 1. The van der Waals surface area contributed by atoms with Crippen LogP contribution in [0.5, 0.6) is 0 Å². The van der Waals surface area contributed by atoms with E-state index in [2.05, 4.69) is 11.1 Å². The van der Waals surface area contributed by atoms with Gasteiger partial charge in [-0.15, -0.1) is 11.3 Å². The molecule has 0 atom stereocenters. The lowest BCUT2D eigenvalue weighted by Crippen LogP contribution is -2.17. The summed E-state index contributed by atoms with van der Waals surface area (Å²) in [5, 5.41) is 11.5. The van der Waals surface area contributed by atoms with E-state index in [1.807, 2.05) is 29.5 Å². The van der Waals surface area contributed by atoms with Crippen molar-refractivity contribution in [1.29, 1.82) is 5.26 Å². The van der Waals surface area contributed by atoms with Crippen molar-refractivity contribution < 1.29 is 9.53 Å². The van der Waals surface area contributed by atoms with Crippen LogP contribution in [0.15, 0.2) is 29.6 Å². The number of rotatable bonds is 5. The molecule has 0 aliphatic heterocycles. The molecule has 0 saturated heterocycles. The van der Waals surface area contributed by atoms with Gasteiger partial charge in [-0.25, -0.2) is 9.78 Å². The maximum atomic E-state index is 11.5. The van der Waals surface area contributed by atoms with Gasteiger partial charge < -0.3 is 4.74 Å². The summed E-state index contributed by atoms with van der Waals surface area (Å²) in [6.07, 6.45) is 0. The highest BCUT2D eigenvalue weighted by atomic mass is 32.1. The molecule has 2 aromatic rings. The molecule has 1 aromatic heterocycles. The first kappa shape index (κ1) is 15.2. The predicted octanol–water partition coefficient (Wildman–Crippen LogP) is 2.55. The molecule has 0 aliphatic carbocycles. The second-order valence-corrected chi connectivity index (χ2v) is 5.40. The number of esters is 1. The molecule has 2 rings (SSSR count). The van der Waals surface area contributed by atoms with Crippen LogP contribution in [0.4, 0.5) is 0 Å². The molecule has 0 saturated carbocycles. The van der Waals surface area contributed by atoms with Gasteiger partial charge in [0.25, 0.3) is 0 Å². The van der Waals surface area contributed by atoms with Gasteiger partial charge in [0, 0.05) is 17.5 Å². The average Bonchev–Trinajstić information content (AvgIpc) is 2.95. The van der Waals surface area contributed by atoms with Crippen LogP contribution in [0.3, 0.4) is 0 Å². The van der Waals surface area contributed by atoms with Crippen molar-refractivity contribution >= 4 is 17.3 Å². The number of ether oxygens (including phenoxy) is 1. The highest BCUT2D eigenvalue weighted by Crippen LogP contribution is 2.25. The van der Waals surface area contributed by atoms with E-state index >= 15 is 0 Å². The smallest absolute Gasteiger partial charge is 0.337 e. The Morgan fingerprint density at radius 2 is 2.33 bits per heavy atom. The Bertz CT molecular complexity index is 676. The van der Waals surface area contributed by atoms with Crippen molar-refractivity contribution in [2.24, 2.45) is 0 Å². The molecular weight excluding hydrogens is 286 g/mol. The molecule has 0 N–H and O–H groups in total. The van der Waals surface area contributed by atoms with E-state index in [1.54, 1.807) is 12.1 Å². The fourth-order valence-electron chi connectivity index (χ4n) is 1.86. The van der Waals surface area contributed by atoms with Crippen LogP contribution < -0.4 is 0 Å². The van der Waals surface area contributed by atoms with Crippen LogP contribution in [0.1, 0.15) is 16.1 Å². The number of nitrogens with zero attached hydrogens (tertiary/aromatic N) is 3. The van der Waals surface area contributed by atoms with Gasteiger partial charge in [0.05, 0.1) is 31.0 Å². The monoisotopic (exact) mass is 301 g/mol. The van der Waals surface area contributed by atoms with Crippen LogP contribution >= 0.6 is 11.3 Å². The highest BCUT2D eigenvalue weighted by Gasteiger charge is 2.10. The van der Waals surface area contributed by atoms with Crippen LogP contribution in [0.2, 0.25) is 0 Å². The second-order valence-electron chi connectivity index (χ2n) is 4.55. The van der Waals surface area contributed by atoms with Crippen LogP contribution in [-0.4, -0.2) is 36.6 Å². The molecule has 0 fully saturated rings. The minimum Gasteiger partial charge on any atom is -0.465 e. The summed E-state index contributed by atoms with van der Waals surface area (Å²) in [6, 6.07) is 9.31. The highest BCUT2D eigenvalue weighted by molar-refractivity contribution is 7.13. The van der Waals surface area contributed by atoms with Crippen molar-refractivity contribution in [2.45, 2.75) is 6.54 Å². The third-order valence-corrected chi connectivity index (χ3v) is 3.80. The molecule has 0 unspecified atom stereocenters. The molecule has 1 aromatic carbocycles. The third-order valence-electron chi connectivity index (χ3n) is 2.85. The molecule has 0 spiro atoms. The molecule has 1 heterocycles. The van der Waals surface area contributed by atoms with Crippen molar-refractivity contribution in [3.05, 3.63) is 40.9 Å². The lowest BCUT2D eigenvalue weighted by atomic mass is 10.1. The van der Waals surface area contributed by atoms with E-state index in [4.69, 9.17) is 10.00 Å². The van der Waals surface area contributed by atoms with Gasteiger partial charge in [-0.2, -0.15) is 5.26 Å². The molecule has 21 heavy (non-hydrogen) atoms. The molecule has 6 heteroatoms. The summed E-state index contributed by atoms with van der Waals surface area (Å²) < 4.78 is 4.72. The Hall–Kier alpha value is -2.23. The zero-order valence-corrected chi connectivity index (χ0v) is 12.7. The maximum absolute atomic E-state index is 11.5. The van der Waals surface area contributed by atoms with Gasteiger partial charge >= 0.3 is 5.97 Å². The van der Waals surface area contributed by atoms with Crippen molar-refractivity contribution in [3.8, 4) is 16.6 Å². The van der Waals surface area contributed by atoms with E-state index in [1.165, 1.54) is 18.4 Å². The first-order valence-corrected chi connectivity index (χ1v) is 7.20. The van der Waals surface area contributed by atoms with E-state index in [0.29, 0.717) is 18.7 Å². The van der Waals surface area contributed by atoms with Gasteiger partial charge in [0.15, 0.2) is 0 Å². The summed E-state index contributed by atoms with van der Waals surface area (Å²) in [7, 11) is 3.24. The Kier molecular flexibility index (Phi) is 5.04. The minimum absolute atomic E-state index is 0.359. The van der Waals surface area contributed by atoms with Crippen molar-refractivity contribution in [3.63, 3.8) is 0 Å². The van der Waals surface area contributed by atoms with Crippen LogP contribution in [0.25, 0.3) is 10.6 Å². The molecule has 0 radical (unpaired) electrons. The summed E-state index contributed by atoms with van der Waals surface area (Å²) in [5.41, 5.74) is 2.31. The van der Waals surface area contributed by atoms with Crippen LogP contribution in [-0.2, 0) is 11.3 Å². The molecular formula is C15H15N3O2S. The normalized spacial score (nSPS) is 10.4. The number of benzene rings is 1. The van der Waals surface area contributed by atoms with Gasteiger partial charge in [-0.3, -0.25) is 4.90 Å². The average molecular weight is 301 g/mol. The Labute approximate surface area is 127 Å². The number of carbonyl (C=O) groups is 1. The van der Waals surface area contributed by atoms with Crippen molar-refractivity contribution in [1.82, 2.24) is 9.88 Å². The molecule has 0 bridgehead atoms. The Morgan fingerprint density at radius 1 is 1.52 bits per heavy atom. The van der Waals surface area contributed by atoms with E-state index in [0.717, 1.165) is 16.3 Å². The second kappa shape index (κ2) is 6.97. The standard InChI is InChI=1S/C15H15N3O2S/c1-18(7-6-16)9-13-10-21-14(17-13)11-4-3-5-12(8-11)15(19)20-2/h3-5,8,10H,7,9H2,1-2H3. The number of thiazole rings is 1. The SMILES string of the molecule is COC(=O)c1cccc(-c2nc(CN(C)CC#N)cs2)c1. The number of hydrogen-bond acceptors (Lipinski definition) is 6. The summed E-state index contributed by atoms with van der Waals surface area (Å²) >= 11 is 1.52. The van der Waals surface area contributed by atoms with Gasteiger partial charge in [0.1, 0.15) is 5.01 Å². The summed E-state index contributed by atoms with van der Waals surface area (Å²) in [6.45, 7) is 0.992. The predicted molar refractivity (Wildman–Crippen MR) is 80.8 cm³/mol. The van der Waals surface area contributed by atoms with Crippen molar-refractivity contribution in [2.75, 3.05) is 20.7 Å². The number of hydrogen-bond donors (Lipinski definition) is 0. The third kappa shape index (κ3) is 3.88. The maximum Gasteiger partial charge on any atom is 0.337 e. The zero-order valence-electron chi connectivity index (χ0n) is 11.9. The molecule has 108 valence electrons. The van der Waals surface area contributed by atoms with Crippen LogP contribution in [0, 0.1) is 11.3 Å². The fraction of sp³-hybridized carbons (Fsp3) is 0.267. The van der Waals surface area contributed by atoms with Gasteiger partial charge in [0.2, 0.25) is 0 Å². The summed E-state index contributed by atoms with van der Waals surface area (Å²) in [5.74, 6) is -0.359. The first-order valence-electron chi connectivity index (χ1n) is 6.32. The lowest BCUT2D eigenvalue weighted by molar-refractivity contribution is 0.0601. The quantitative estimate of drug-likeness (QED) is 0.627. The largest absolute Gasteiger partial charge is 0.465 e. The first-order chi connectivity index (χ1) is 10.1. The van der Waals surface area contributed by atoms with E-state index in [-0.39, 0.29) is 5.97 Å². The lowest BCUT2D eigenvalue weighted by Gasteiger charge is -2.09. The number of aromatic nitrogens is 1. The fourth-order valence-corrected chi connectivity index (χ4v) is 2.67.